The molecule has 0 saturated heterocycles. The first kappa shape index (κ1) is 19.5. The highest BCUT2D eigenvalue weighted by Crippen LogP contribution is 2.37. The predicted octanol–water partition coefficient (Wildman–Crippen LogP) is 4.76. The van der Waals surface area contributed by atoms with E-state index in [-0.39, 0.29) is 5.56 Å². The summed E-state index contributed by atoms with van der Waals surface area (Å²) >= 11 is 0. The molecule has 0 fully saturated rings. The quantitative estimate of drug-likeness (QED) is 0.515. The monoisotopic (exact) mass is 391 g/mol. The molecule has 1 atom stereocenters. The topological polar surface area (TPSA) is 62.9 Å². The predicted molar refractivity (Wildman–Crippen MR) is 119 cm³/mol. The molecule has 0 aliphatic rings. The van der Waals surface area contributed by atoms with Crippen molar-refractivity contribution in [2.45, 2.75) is 46.3 Å². The summed E-state index contributed by atoms with van der Waals surface area (Å²) in [7, 11) is 1.89. The summed E-state index contributed by atoms with van der Waals surface area (Å²) in [6, 6.07) is 8.29. The highest BCUT2D eigenvalue weighted by Gasteiger charge is 2.23. The van der Waals surface area contributed by atoms with E-state index in [4.69, 9.17) is 0 Å². The summed E-state index contributed by atoms with van der Waals surface area (Å²) in [5, 5.41) is 12.9. The molecule has 3 aromatic heterocycles. The number of pyridine rings is 1. The Balaban J connectivity index is 2.02. The van der Waals surface area contributed by atoms with Gasteiger partial charge in [0.25, 0.3) is 5.56 Å². The fraction of sp³-hybridized carbons (Fsp3) is 0.375. The van der Waals surface area contributed by atoms with E-state index in [1.54, 1.807) is 6.20 Å². The molecule has 29 heavy (non-hydrogen) atoms. The molecule has 1 unspecified atom stereocenters. The average molecular weight is 392 g/mol. The smallest absolute Gasteiger partial charge is 0.272 e. The van der Waals surface area contributed by atoms with E-state index in [0.717, 1.165) is 45.9 Å². The number of hydrogen-bond donors (Lipinski definition) is 2. The van der Waals surface area contributed by atoms with Crippen molar-refractivity contribution in [1.29, 1.82) is 0 Å². The van der Waals surface area contributed by atoms with E-state index in [1.807, 2.05) is 37.7 Å². The van der Waals surface area contributed by atoms with Gasteiger partial charge in [-0.3, -0.25) is 4.79 Å². The number of benzene rings is 1. The van der Waals surface area contributed by atoms with Gasteiger partial charge in [0.1, 0.15) is 5.52 Å². The first-order chi connectivity index (χ1) is 13.7. The summed E-state index contributed by atoms with van der Waals surface area (Å²) in [5.74, 6) is 0.566. The number of aromatic nitrogens is 3. The van der Waals surface area contributed by atoms with Crippen LogP contribution in [0.1, 0.15) is 39.7 Å². The maximum Gasteiger partial charge on any atom is 0.272 e. The van der Waals surface area contributed by atoms with Crippen LogP contribution in [0.2, 0.25) is 0 Å². The van der Waals surface area contributed by atoms with E-state index in [0.29, 0.717) is 11.4 Å². The summed E-state index contributed by atoms with van der Waals surface area (Å²) in [5.41, 5.74) is 3.60. The lowest BCUT2D eigenvalue weighted by Crippen LogP contribution is -2.16. The normalized spacial score (nSPS) is 13.4. The number of nitrogens with zero attached hydrogens (tertiary/aromatic N) is 2. The summed E-state index contributed by atoms with van der Waals surface area (Å²) in [6.45, 7) is 9.04. The fourth-order valence-electron chi connectivity index (χ4n) is 4.18. The molecule has 0 aliphatic heterocycles. The molecule has 4 aromatic rings. The first-order valence-electron chi connectivity index (χ1n) is 10.2. The number of aliphatic hydroxyl groups is 1. The number of aryl methyl sites for hydroxylation is 1. The molecule has 5 heteroatoms. The molecule has 4 rings (SSSR count). The largest absolute Gasteiger partial charge is 0.386 e. The molecule has 152 valence electrons. The van der Waals surface area contributed by atoms with Gasteiger partial charge in [-0.25, -0.2) is 0 Å². The number of rotatable bonds is 5. The van der Waals surface area contributed by atoms with Crippen LogP contribution < -0.4 is 5.56 Å². The van der Waals surface area contributed by atoms with Crippen LogP contribution in [0.3, 0.4) is 0 Å². The van der Waals surface area contributed by atoms with Crippen molar-refractivity contribution >= 4 is 21.8 Å². The standard InChI is InChI=1S/C24H29N3O2/c1-6-15(2)13-27-10-8-18-20(24(3,4)29)11-16(12-21(18)27)19-14-26(5)22-17(19)7-9-25-23(22)28/h7-12,14-15,29H,6,13H2,1-5H3,(H,25,28). The Bertz CT molecular complexity index is 1250. The maximum atomic E-state index is 12.3. The van der Waals surface area contributed by atoms with Crippen LogP contribution in [0, 0.1) is 5.92 Å². The minimum Gasteiger partial charge on any atom is -0.386 e. The minimum atomic E-state index is -0.973. The molecule has 1 aromatic carbocycles. The number of H-pyrrole nitrogens is 1. The van der Waals surface area contributed by atoms with E-state index >= 15 is 0 Å². The second kappa shape index (κ2) is 6.92. The van der Waals surface area contributed by atoms with Crippen LogP contribution in [0.5, 0.6) is 0 Å². The Morgan fingerprint density at radius 3 is 2.66 bits per heavy atom. The summed E-state index contributed by atoms with van der Waals surface area (Å²) in [4.78, 5) is 15.1. The second-order valence-electron chi connectivity index (χ2n) is 8.72. The van der Waals surface area contributed by atoms with Crippen molar-refractivity contribution in [3.63, 3.8) is 0 Å². The summed E-state index contributed by atoms with van der Waals surface area (Å²) in [6.07, 6.45) is 6.92. The Kier molecular flexibility index (Phi) is 4.66. The number of nitrogens with one attached hydrogen (secondary N) is 1. The Morgan fingerprint density at radius 1 is 1.21 bits per heavy atom. The third-order valence-electron chi connectivity index (χ3n) is 5.96. The third-order valence-corrected chi connectivity index (χ3v) is 5.96. The number of hydrogen-bond acceptors (Lipinski definition) is 2. The van der Waals surface area contributed by atoms with Gasteiger partial charge in [-0.1, -0.05) is 20.3 Å². The van der Waals surface area contributed by atoms with Crippen molar-refractivity contribution in [2.75, 3.05) is 0 Å². The van der Waals surface area contributed by atoms with Gasteiger partial charge in [0.15, 0.2) is 0 Å². The van der Waals surface area contributed by atoms with E-state index < -0.39 is 5.60 Å². The zero-order chi connectivity index (χ0) is 20.9. The molecule has 0 aliphatic carbocycles. The average Bonchev–Trinajstić information content (AvgIpc) is 3.22. The zero-order valence-electron chi connectivity index (χ0n) is 17.8. The second-order valence-corrected chi connectivity index (χ2v) is 8.72. The lowest BCUT2D eigenvalue weighted by atomic mass is 9.91. The van der Waals surface area contributed by atoms with Gasteiger partial charge in [0.05, 0.1) is 5.60 Å². The molecule has 0 amide bonds. The van der Waals surface area contributed by atoms with Crippen molar-refractivity contribution in [2.24, 2.45) is 13.0 Å². The van der Waals surface area contributed by atoms with Gasteiger partial charge < -0.3 is 19.2 Å². The Morgan fingerprint density at radius 2 is 1.97 bits per heavy atom. The molecule has 3 heterocycles. The lowest BCUT2D eigenvalue weighted by molar-refractivity contribution is 0.0802. The first-order valence-corrected chi connectivity index (χ1v) is 10.2. The van der Waals surface area contributed by atoms with Crippen LogP contribution in [0.15, 0.2) is 47.7 Å². The lowest BCUT2D eigenvalue weighted by Gasteiger charge is -2.21. The van der Waals surface area contributed by atoms with Crippen molar-refractivity contribution < 1.29 is 5.11 Å². The highest BCUT2D eigenvalue weighted by atomic mass is 16.3. The molecule has 0 spiro atoms. The van der Waals surface area contributed by atoms with E-state index in [9.17, 15) is 9.90 Å². The van der Waals surface area contributed by atoms with Crippen LogP contribution in [-0.2, 0) is 19.2 Å². The molecule has 2 N–H and O–H groups in total. The fourth-order valence-corrected chi connectivity index (χ4v) is 4.18. The number of fused-ring (bicyclic) bond motifs is 2. The summed E-state index contributed by atoms with van der Waals surface area (Å²) < 4.78 is 4.15. The van der Waals surface area contributed by atoms with Gasteiger partial charge in [0, 0.05) is 54.0 Å². The van der Waals surface area contributed by atoms with Crippen molar-refractivity contribution in [3.05, 3.63) is 58.8 Å². The Hall–Kier alpha value is -2.79. The van der Waals surface area contributed by atoms with Gasteiger partial charge in [0.2, 0.25) is 0 Å². The third kappa shape index (κ3) is 3.29. The molecular weight excluding hydrogens is 362 g/mol. The maximum absolute atomic E-state index is 12.3. The van der Waals surface area contributed by atoms with Crippen LogP contribution >= 0.6 is 0 Å². The van der Waals surface area contributed by atoms with Crippen LogP contribution in [-0.4, -0.2) is 19.2 Å². The van der Waals surface area contributed by atoms with Gasteiger partial charge in [-0.2, -0.15) is 0 Å². The van der Waals surface area contributed by atoms with Gasteiger partial charge in [-0.15, -0.1) is 0 Å². The van der Waals surface area contributed by atoms with Crippen molar-refractivity contribution in [1.82, 2.24) is 14.1 Å². The van der Waals surface area contributed by atoms with Crippen LogP contribution in [0.4, 0.5) is 0 Å². The van der Waals surface area contributed by atoms with E-state index in [1.165, 1.54) is 0 Å². The molecule has 5 nitrogen and oxygen atoms in total. The minimum absolute atomic E-state index is 0.0971. The molecular formula is C24H29N3O2. The SMILES string of the molecule is CCC(C)Cn1ccc2c(C(C)(C)O)cc(-c3cn(C)c4c(=O)[nH]ccc34)cc21. The van der Waals surface area contributed by atoms with E-state index in [2.05, 4.69) is 47.8 Å². The number of aromatic amines is 1. The van der Waals surface area contributed by atoms with Gasteiger partial charge in [-0.05, 0) is 55.2 Å². The zero-order valence-corrected chi connectivity index (χ0v) is 17.8. The Labute approximate surface area is 170 Å². The van der Waals surface area contributed by atoms with Crippen molar-refractivity contribution in [3.8, 4) is 11.1 Å². The molecule has 0 bridgehead atoms. The van der Waals surface area contributed by atoms with Gasteiger partial charge >= 0.3 is 0 Å². The molecule has 0 radical (unpaired) electrons. The molecule has 0 saturated carbocycles. The van der Waals surface area contributed by atoms with Crippen LogP contribution in [0.25, 0.3) is 32.9 Å². The highest BCUT2D eigenvalue weighted by molar-refractivity contribution is 5.98.